The van der Waals surface area contributed by atoms with Crippen molar-refractivity contribution < 1.29 is 14.1 Å². The Bertz CT molecular complexity index is 1180. The maximum Gasteiger partial charge on any atom is 0.260 e. The molecule has 0 saturated carbocycles. The summed E-state index contributed by atoms with van der Waals surface area (Å²) in [4.78, 5) is 25.0. The Morgan fingerprint density at radius 2 is 1.74 bits per heavy atom. The minimum atomic E-state index is -1.29. The number of benzene rings is 2. The highest BCUT2D eigenvalue weighted by molar-refractivity contribution is 6.54. The molecule has 1 aromatic heterocycles. The van der Waals surface area contributed by atoms with E-state index in [1.807, 2.05) is 13.8 Å². The van der Waals surface area contributed by atoms with Crippen LogP contribution < -0.4 is 16.0 Å². The molecule has 11 heteroatoms. The normalized spacial score (nSPS) is 12.1. The van der Waals surface area contributed by atoms with Crippen LogP contribution in [0.25, 0.3) is 22.6 Å². The number of nitrogens with zero attached hydrogens (tertiary/aromatic N) is 2. The fourth-order valence-corrected chi connectivity index (χ4v) is 4.12. The van der Waals surface area contributed by atoms with Gasteiger partial charge in [0.2, 0.25) is 5.91 Å². The Kier molecular flexibility index (Phi) is 9.44. The average molecular weight is 558 g/mol. The van der Waals surface area contributed by atoms with Gasteiger partial charge < -0.3 is 20.5 Å². The quantitative estimate of drug-likeness (QED) is 0.336. The Hall–Kier alpha value is -2.29. The number of nitrogens with one attached hydrogen (secondary N) is 1. The van der Waals surface area contributed by atoms with E-state index in [4.69, 9.17) is 56.7 Å². The van der Waals surface area contributed by atoms with E-state index in [1.165, 1.54) is 4.90 Å². The highest BCUT2D eigenvalue weighted by atomic mass is 35.5. The molecule has 0 saturated heterocycles. The molecule has 0 aliphatic rings. The van der Waals surface area contributed by atoms with Crippen LogP contribution in [0.4, 0.5) is 5.69 Å². The Labute approximate surface area is 223 Å². The van der Waals surface area contributed by atoms with Gasteiger partial charge in [0.05, 0.1) is 16.1 Å². The predicted molar refractivity (Wildman–Crippen MR) is 141 cm³/mol. The zero-order valence-corrected chi connectivity index (χ0v) is 22.0. The second-order valence-corrected chi connectivity index (χ2v) is 9.99. The van der Waals surface area contributed by atoms with Crippen LogP contribution >= 0.6 is 46.4 Å². The first-order valence-corrected chi connectivity index (χ1v) is 12.4. The lowest BCUT2D eigenvalue weighted by Crippen LogP contribution is -2.47. The molecule has 0 spiro atoms. The van der Waals surface area contributed by atoms with Crippen molar-refractivity contribution in [2.45, 2.75) is 24.7 Å². The van der Waals surface area contributed by atoms with E-state index in [0.717, 1.165) is 0 Å². The molecule has 3 rings (SSSR count). The van der Waals surface area contributed by atoms with Crippen LogP contribution in [0.3, 0.4) is 0 Å². The van der Waals surface area contributed by atoms with Crippen LogP contribution in [0.2, 0.25) is 10.0 Å². The molecular weight excluding hydrogens is 534 g/mol. The molecule has 7 nitrogen and oxygen atoms in total. The molecule has 0 aliphatic heterocycles. The van der Waals surface area contributed by atoms with Crippen LogP contribution in [0.15, 0.2) is 53.1 Å². The van der Waals surface area contributed by atoms with E-state index < -0.39 is 16.8 Å². The maximum absolute atomic E-state index is 12.7. The average Bonchev–Trinajstić information content (AvgIpc) is 3.30. The Balaban J connectivity index is 1.84. The molecule has 3 N–H and O–H groups in total. The van der Waals surface area contributed by atoms with Gasteiger partial charge >= 0.3 is 0 Å². The zero-order valence-electron chi connectivity index (χ0n) is 19.0. The van der Waals surface area contributed by atoms with Crippen molar-refractivity contribution in [2.75, 3.05) is 18.0 Å². The first kappa shape index (κ1) is 27.3. The molecule has 0 bridgehead atoms. The zero-order chi connectivity index (χ0) is 25.7. The Morgan fingerprint density at radius 3 is 2.37 bits per heavy atom. The summed E-state index contributed by atoms with van der Waals surface area (Å²) in [5, 5.41) is 7.72. The fraction of sp³-hybridized carbons (Fsp3) is 0.292. The fourth-order valence-electron chi connectivity index (χ4n) is 3.29. The molecule has 0 unspecified atom stereocenters. The topological polar surface area (TPSA) is 101 Å². The summed E-state index contributed by atoms with van der Waals surface area (Å²) in [6.45, 7) is 4.00. The molecule has 0 aliphatic carbocycles. The van der Waals surface area contributed by atoms with Crippen molar-refractivity contribution in [2.24, 2.45) is 11.7 Å². The van der Waals surface area contributed by atoms with Gasteiger partial charge in [-0.15, -0.1) is 0 Å². The van der Waals surface area contributed by atoms with Gasteiger partial charge in [-0.3, -0.25) is 9.59 Å². The molecule has 1 heterocycles. The smallest absolute Gasteiger partial charge is 0.260 e. The van der Waals surface area contributed by atoms with Gasteiger partial charge in [0, 0.05) is 36.0 Å². The third-order valence-electron chi connectivity index (χ3n) is 5.28. The lowest BCUT2D eigenvalue weighted by molar-refractivity contribution is -0.123. The van der Waals surface area contributed by atoms with Gasteiger partial charge in [-0.2, -0.15) is 0 Å². The third kappa shape index (κ3) is 6.68. The SMILES string of the molecule is CC(C)[C@H](N)C(=O)NCCN(C(=O)C(Cl)Cl)c1cccc(-c2cc(-c3c(Cl)cccc3Cl)no2)c1. The maximum atomic E-state index is 12.7. The number of alkyl halides is 2. The van der Waals surface area contributed by atoms with E-state index in [0.29, 0.717) is 38.3 Å². The predicted octanol–water partition coefficient (Wildman–Crippen LogP) is 5.55. The van der Waals surface area contributed by atoms with E-state index >= 15 is 0 Å². The van der Waals surface area contributed by atoms with Gasteiger partial charge in [-0.25, -0.2) is 0 Å². The summed E-state index contributed by atoms with van der Waals surface area (Å²) in [5.74, 6) is -0.419. The standard InChI is InChI=1S/C24H24Cl4N4O3/c1-13(2)21(29)23(33)30-9-10-32(24(34)22(27)28)15-6-3-5-14(11-15)19-12-18(31-35-19)20-16(25)7-4-8-17(20)26/h3-8,11-13,21-22H,9-10,29H2,1-2H3,(H,30,33)/t21-/m0/s1. The van der Waals surface area contributed by atoms with Crippen LogP contribution in [-0.4, -0.2) is 40.9 Å². The van der Waals surface area contributed by atoms with E-state index in [2.05, 4.69) is 10.5 Å². The van der Waals surface area contributed by atoms with E-state index in [9.17, 15) is 9.59 Å². The molecule has 1 atom stereocenters. The largest absolute Gasteiger partial charge is 0.356 e. The van der Waals surface area contributed by atoms with Crippen molar-refractivity contribution in [3.05, 3.63) is 58.6 Å². The number of hydrogen-bond acceptors (Lipinski definition) is 5. The third-order valence-corrected chi connectivity index (χ3v) is 6.28. The van der Waals surface area contributed by atoms with Crippen LogP contribution in [0.1, 0.15) is 13.8 Å². The van der Waals surface area contributed by atoms with Gasteiger partial charge in [0.1, 0.15) is 5.69 Å². The lowest BCUT2D eigenvalue weighted by atomic mass is 10.1. The summed E-state index contributed by atoms with van der Waals surface area (Å²) in [6, 6.07) is 13.2. The van der Waals surface area contributed by atoms with Gasteiger partial charge in [-0.1, -0.05) is 83.6 Å². The van der Waals surface area contributed by atoms with Crippen molar-refractivity contribution >= 4 is 63.9 Å². The molecule has 0 radical (unpaired) electrons. The van der Waals surface area contributed by atoms with E-state index in [1.54, 1.807) is 48.5 Å². The summed E-state index contributed by atoms with van der Waals surface area (Å²) >= 11 is 24.3. The van der Waals surface area contributed by atoms with Crippen molar-refractivity contribution in [3.8, 4) is 22.6 Å². The molecule has 2 amide bonds. The van der Waals surface area contributed by atoms with Gasteiger partial charge in [0.25, 0.3) is 5.91 Å². The second kappa shape index (κ2) is 12.1. The minimum absolute atomic E-state index is 0.0214. The van der Waals surface area contributed by atoms with Crippen molar-refractivity contribution in [3.63, 3.8) is 0 Å². The summed E-state index contributed by atoms with van der Waals surface area (Å²) in [5.41, 5.74) is 8.06. The molecule has 0 fully saturated rings. The summed E-state index contributed by atoms with van der Waals surface area (Å²) in [7, 11) is 0. The van der Waals surface area contributed by atoms with E-state index in [-0.39, 0.29) is 24.9 Å². The molecule has 35 heavy (non-hydrogen) atoms. The second-order valence-electron chi connectivity index (χ2n) is 8.07. The number of aromatic nitrogens is 1. The van der Waals surface area contributed by atoms with Gasteiger partial charge in [-0.05, 0) is 30.2 Å². The highest BCUT2D eigenvalue weighted by Crippen LogP contribution is 2.36. The minimum Gasteiger partial charge on any atom is -0.356 e. The molecular formula is C24H24Cl4N4O3. The monoisotopic (exact) mass is 556 g/mol. The van der Waals surface area contributed by atoms with Crippen LogP contribution in [-0.2, 0) is 9.59 Å². The number of halogens is 4. The summed E-state index contributed by atoms with van der Waals surface area (Å²) in [6.07, 6.45) is 0. The number of anilines is 1. The molecule has 186 valence electrons. The Morgan fingerprint density at radius 1 is 1.09 bits per heavy atom. The first-order valence-electron chi connectivity index (χ1n) is 10.7. The van der Waals surface area contributed by atoms with Crippen LogP contribution in [0.5, 0.6) is 0 Å². The van der Waals surface area contributed by atoms with Crippen molar-refractivity contribution in [1.29, 1.82) is 0 Å². The van der Waals surface area contributed by atoms with Gasteiger partial charge in [0.15, 0.2) is 10.6 Å². The highest BCUT2D eigenvalue weighted by Gasteiger charge is 2.24. The molecule has 3 aromatic rings. The number of amides is 2. The molecule has 2 aromatic carbocycles. The number of nitrogens with two attached hydrogens (primary N) is 1. The first-order chi connectivity index (χ1) is 16.6. The lowest BCUT2D eigenvalue weighted by Gasteiger charge is -2.24. The van der Waals surface area contributed by atoms with Crippen LogP contribution in [0, 0.1) is 5.92 Å². The number of rotatable bonds is 9. The van der Waals surface area contributed by atoms with Crippen molar-refractivity contribution in [1.82, 2.24) is 10.5 Å². The number of hydrogen-bond donors (Lipinski definition) is 2. The number of carbonyl (C=O) groups excluding carboxylic acids is 2. The number of carbonyl (C=O) groups is 2. The summed E-state index contributed by atoms with van der Waals surface area (Å²) < 4.78 is 5.53.